The van der Waals surface area contributed by atoms with Crippen molar-refractivity contribution in [2.45, 2.75) is 38.1 Å². The molecule has 3 rings (SSSR count). The summed E-state index contributed by atoms with van der Waals surface area (Å²) < 4.78 is 5.06. The largest absolute Gasteiger partial charge is 0.495 e. The van der Waals surface area contributed by atoms with E-state index in [9.17, 15) is 14.4 Å². The van der Waals surface area contributed by atoms with Crippen molar-refractivity contribution in [2.75, 3.05) is 13.7 Å². The number of benzene rings is 1. The maximum atomic E-state index is 12.9. The number of nitrogens with one attached hydrogen (secondary N) is 1. The van der Waals surface area contributed by atoms with Gasteiger partial charge < -0.3 is 10.1 Å². The molecule has 25 heavy (non-hydrogen) atoms. The highest BCUT2D eigenvalue weighted by Crippen LogP contribution is 2.38. The van der Waals surface area contributed by atoms with Crippen LogP contribution in [0.15, 0.2) is 18.2 Å². The van der Waals surface area contributed by atoms with Gasteiger partial charge in [0, 0.05) is 5.56 Å². The van der Waals surface area contributed by atoms with Gasteiger partial charge in [-0.15, -0.1) is 0 Å². The van der Waals surface area contributed by atoms with Gasteiger partial charge in [0.25, 0.3) is 5.91 Å². The summed E-state index contributed by atoms with van der Waals surface area (Å²) in [6.07, 6.45) is 3.46. The van der Waals surface area contributed by atoms with Crippen molar-refractivity contribution in [1.29, 1.82) is 0 Å². The molecule has 1 heterocycles. The first-order valence-electron chi connectivity index (χ1n) is 8.40. The van der Waals surface area contributed by atoms with Crippen molar-refractivity contribution >= 4 is 29.3 Å². The van der Waals surface area contributed by atoms with E-state index in [1.807, 2.05) is 6.92 Å². The van der Waals surface area contributed by atoms with Crippen molar-refractivity contribution in [3.63, 3.8) is 0 Å². The fraction of sp³-hybridized carbons (Fsp3) is 0.500. The molecule has 0 unspecified atom stereocenters. The van der Waals surface area contributed by atoms with Crippen molar-refractivity contribution in [3.05, 3.63) is 28.8 Å². The number of imide groups is 1. The Morgan fingerprint density at radius 1 is 1.40 bits per heavy atom. The molecule has 1 aromatic carbocycles. The fourth-order valence-electron chi connectivity index (χ4n) is 3.71. The number of hydrogen-bond acceptors (Lipinski definition) is 4. The second kappa shape index (κ2) is 6.67. The number of nitrogens with zero attached hydrogens (tertiary/aromatic N) is 1. The molecule has 0 bridgehead atoms. The summed E-state index contributed by atoms with van der Waals surface area (Å²) in [6.45, 7) is 1.69. The van der Waals surface area contributed by atoms with E-state index in [0.717, 1.165) is 24.2 Å². The second-order valence-electron chi connectivity index (χ2n) is 6.71. The minimum Gasteiger partial charge on any atom is -0.495 e. The molecule has 0 radical (unpaired) electrons. The maximum absolute atomic E-state index is 12.9. The van der Waals surface area contributed by atoms with Gasteiger partial charge in [0.15, 0.2) is 5.78 Å². The Bertz CT molecular complexity index is 736. The molecule has 0 aromatic heterocycles. The van der Waals surface area contributed by atoms with Crippen molar-refractivity contribution in [1.82, 2.24) is 10.2 Å². The van der Waals surface area contributed by atoms with Crippen LogP contribution < -0.4 is 10.1 Å². The van der Waals surface area contributed by atoms with Gasteiger partial charge in [-0.05, 0) is 37.0 Å². The highest BCUT2D eigenvalue weighted by Gasteiger charge is 2.55. The summed E-state index contributed by atoms with van der Waals surface area (Å²) in [6, 6.07) is 4.16. The highest BCUT2D eigenvalue weighted by atomic mass is 35.5. The highest BCUT2D eigenvalue weighted by molar-refractivity contribution is 6.32. The molecule has 1 saturated heterocycles. The Labute approximate surface area is 151 Å². The molecule has 134 valence electrons. The van der Waals surface area contributed by atoms with E-state index in [2.05, 4.69) is 5.32 Å². The van der Waals surface area contributed by atoms with E-state index in [0.29, 0.717) is 22.8 Å². The van der Waals surface area contributed by atoms with E-state index in [1.54, 1.807) is 12.1 Å². The summed E-state index contributed by atoms with van der Waals surface area (Å²) in [5, 5.41) is 3.15. The topological polar surface area (TPSA) is 75.7 Å². The van der Waals surface area contributed by atoms with Gasteiger partial charge in [-0.1, -0.05) is 31.4 Å². The SMILES string of the molecule is COc1ccc(C(=O)CN2C(=O)N[C@@]3(CCCC[C@H]3C)C2=O)cc1Cl. The summed E-state index contributed by atoms with van der Waals surface area (Å²) in [5.74, 6) is -0.109. The van der Waals surface area contributed by atoms with Gasteiger partial charge in [0.2, 0.25) is 0 Å². The zero-order chi connectivity index (χ0) is 18.2. The Hall–Kier alpha value is -2.08. The van der Waals surface area contributed by atoms with Crippen LogP contribution in [0, 0.1) is 5.92 Å². The predicted molar refractivity (Wildman–Crippen MR) is 92.9 cm³/mol. The summed E-state index contributed by atoms with van der Waals surface area (Å²) in [4.78, 5) is 38.8. The molecule has 1 saturated carbocycles. The lowest BCUT2D eigenvalue weighted by Crippen LogP contribution is -2.54. The molecular formula is C18H21ClN2O4. The van der Waals surface area contributed by atoms with Crippen LogP contribution in [0.25, 0.3) is 0 Å². The molecule has 1 spiro atoms. The number of carbonyl (C=O) groups excluding carboxylic acids is 3. The van der Waals surface area contributed by atoms with Crippen LogP contribution in [-0.2, 0) is 4.79 Å². The maximum Gasteiger partial charge on any atom is 0.325 e. The number of ether oxygens (including phenoxy) is 1. The molecule has 2 atom stereocenters. The molecule has 2 aliphatic rings. The monoisotopic (exact) mass is 364 g/mol. The van der Waals surface area contributed by atoms with E-state index in [4.69, 9.17) is 16.3 Å². The van der Waals surface area contributed by atoms with E-state index in [1.165, 1.54) is 13.2 Å². The molecule has 1 N–H and O–H groups in total. The predicted octanol–water partition coefficient (Wildman–Crippen LogP) is 3.03. The normalized spacial score (nSPS) is 26.0. The Morgan fingerprint density at radius 2 is 2.16 bits per heavy atom. The number of amides is 3. The van der Waals surface area contributed by atoms with E-state index < -0.39 is 11.6 Å². The number of methoxy groups -OCH3 is 1. The summed E-state index contributed by atoms with van der Waals surface area (Å²) in [5.41, 5.74) is -0.517. The van der Waals surface area contributed by atoms with Crippen LogP contribution in [0.2, 0.25) is 5.02 Å². The number of halogens is 1. The molecule has 6 nitrogen and oxygen atoms in total. The average molecular weight is 365 g/mol. The first kappa shape index (κ1) is 17.7. The van der Waals surface area contributed by atoms with Crippen molar-refractivity contribution in [3.8, 4) is 5.75 Å². The van der Waals surface area contributed by atoms with Crippen LogP contribution in [0.5, 0.6) is 5.75 Å². The van der Waals surface area contributed by atoms with Crippen molar-refractivity contribution < 1.29 is 19.1 Å². The van der Waals surface area contributed by atoms with Gasteiger partial charge >= 0.3 is 6.03 Å². The Balaban J connectivity index is 1.78. The number of urea groups is 1. The van der Waals surface area contributed by atoms with E-state index >= 15 is 0 Å². The number of carbonyl (C=O) groups is 3. The lowest BCUT2D eigenvalue weighted by atomic mass is 9.73. The molecule has 1 aliphatic carbocycles. The number of hydrogen-bond donors (Lipinski definition) is 1. The van der Waals surface area contributed by atoms with Gasteiger partial charge in [-0.25, -0.2) is 4.79 Å². The Morgan fingerprint density at radius 3 is 2.80 bits per heavy atom. The molecule has 3 amide bonds. The minimum absolute atomic E-state index is 0.0632. The lowest BCUT2D eigenvalue weighted by molar-refractivity contribution is -0.133. The first-order valence-corrected chi connectivity index (χ1v) is 8.77. The standard InChI is InChI=1S/C18H21ClN2O4/c1-11-5-3-4-8-18(11)16(23)21(17(24)20-18)10-14(22)12-6-7-15(25-2)13(19)9-12/h6-7,9,11H,3-5,8,10H2,1-2H3,(H,20,24)/t11-,18-/m1/s1. The van der Waals surface area contributed by atoms with Crippen LogP contribution >= 0.6 is 11.6 Å². The third kappa shape index (κ3) is 2.99. The second-order valence-corrected chi connectivity index (χ2v) is 7.12. The zero-order valence-electron chi connectivity index (χ0n) is 14.3. The van der Waals surface area contributed by atoms with E-state index in [-0.39, 0.29) is 24.2 Å². The molecule has 2 fully saturated rings. The number of rotatable bonds is 4. The quantitative estimate of drug-likeness (QED) is 0.658. The molecule has 1 aromatic rings. The van der Waals surface area contributed by atoms with Crippen LogP contribution in [0.4, 0.5) is 4.79 Å². The summed E-state index contributed by atoms with van der Waals surface area (Å²) >= 11 is 6.05. The van der Waals surface area contributed by atoms with Crippen LogP contribution in [0.1, 0.15) is 43.0 Å². The minimum atomic E-state index is -0.854. The third-order valence-corrected chi connectivity index (χ3v) is 5.57. The number of Topliss-reactive ketones (excluding diaryl/α,β-unsaturated/α-hetero) is 1. The van der Waals surface area contributed by atoms with Crippen LogP contribution in [-0.4, -0.2) is 41.8 Å². The molecule has 1 aliphatic heterocycles. The Kier molecular flexibility index (Phi) is 4.73. The molecule has 7 heteroatoms. The molecular weight excluding hydrogens is 344 g/mol. The lowest BCUT2D eigenvalue weighted by Gasteiger charge is -2.36. The number of ketones is 1. The van der Waals surface area contributed by atoms with Crippen LogP contribution in [0.3, 0.4) is 0 Å². The average Bonchev–Trinajstić information content (AvgIpc) is 2.82. The van der Waals surface area contributed by atoms with Gasteiger partial charge in [0.1, 0.15) is 11.3 Å². The zero-order valence-corrected chi connectivity index (χ0v) is 15.1. The van der Waals surface area contributed by atoms with Gasteiger partial charge in [-0.2, -0.15) is 0 Å². The first-order chi connectivity index (χ1) is 11.9. The fourth-order valence-corrected chi connectivity index (χ4v) is 3.97. The van der Waals surface area contributed by atoms with Gasteiger partial charge in [0.05, 0.1) is 18.7 Å². The third-order valence-electron chi connectivity index (χ3n) is 5.28. The smallest absolute Gasteiger partial charge is 0.325 e. The van der Waals surface area contributed by atoms with Crippen molar-refractivity contribution in [2.24, 2.45) is 5.92 Å². The van der Waals surface area contributed by atoms with Gasteiger partial charge in [-0.3, -0.25) is 14.5 Å². The summed E-state index contributed by atoms with van der Waals surface area (Å²) in [7, 11) is 1.49.